The van der Waals surface area contributed by atoms with E-state index in [1.54, 1.807) is 18.2 Å². The number of nitro groups is 1. The molecule has 0 heterocycles. The molecule has 1 aromatic carbocycles. The topological polar surface area (TPSA) is 96.0 Å². The van der Waals surface area contributed by atoms with Gasteiger partial charge in [-0.25, -0.2) is 0 Å². The number of carbonyl (C=O) groups is 1. The largest absolute Gasteiger partial charge is 0.351 e. The van der Waals surface area contributed by atoms with Crippen LogP contribution < -0.4 is 5.32 Å². The lowest BCUT2D eigenvalue weighted by Crippen LogP contribution is -2.21. The Morgan fingerprint density at radius 3 is 2.94 bits per heavy atom. The summed E-state index contributed by atoms with van der Waals surface area (Å²) >= 11 is 0. The second-order valence-corrected chi connectivity index (χ2v) is 3.04. The Morgan fingerprint density at radius 1 is 1.56 bits per heavy atom. The molecule has 1 aromatic rings. The summed E-state index contributed by atoms with van der Waals surface area (Å²) in [5, 5.41) is 21.2. The number of nitrogens with one attached hydrogen (secondary N) is 1. The van der Waals surface area contributed by atoms with Crippen LogP contribution in [0.4, 0.5) is 5.69 Å². The van der Waals surface area contributed by atoms with Gasteiger partial charge in [0.2, 0.25) is 5.91 Å². The number of benzene rings is 1. The van der Waals surface area contributed by atoms with E-state index >= 15 is 0 Å². The molecule has 0 spiro atoms. The monoisotopic (exact) mass is 219 g/mol. The molecule has 0 unspecified atom stereocenters. The van der Waals surface area contributed by atoms with Crippen LogP contribution in [0, 0.1) is 21.4 Å². The van der Waals surface area contributed by atoms with Crippen LogP contribution >= 0.6 is 0 Å². The lowest BCUT2D eigenvalue weighted by atomic mass is 10.2. The Bertz CT molecular complexity index is 451. The smallest absolute Gasteiger partial charge is 0.269 e. The van der Waals surface area contributed by atoms with E-state index in [-0.39, 0.29) is 18.7 Å². The molecule has 0 aliphatic carbocycles. The van der Waals surface area contributed by atoms with Crippen LogP contribution in [0.1, 0.15) is 12.0 Å². The van der Waals surface area contributed by atoms with Crippen molar-refractivity contribution in [2.75, 3.05) is 0 Å². The van der Waals surface area contributed by atoms with Gasteiger partial charge in [-0.15, -0.1) is 0 Å². The zero-order valence-corrected chi connectivity index (χ0v) is 8.34. The molecule has 1 rings (SSSR count). The van der Waals surface area contributed by atoms with Gasteiger partial charge in [-0.1, -0.05) is 12.1 Å². The molecule has 0 saturated heterocycles. The third-order valence-electron chi connectivity index (χ3n) is 1.85. The molecule has 0 saturated carbocycles. The second-order valence-electron chi connectivity index (χ2n) is 3.04. The van der Waals surface area contributed by atoms with Gasteiger partial charge in [0.05, 0.1) is 11.0 Å². The molecule has 6 heteroatoms. The number of amides is 1. The predicted molar refractivity (Wildman–Crippen MR) is 55.2 cm³/mol. The molecule has 1 N–H and O–H groups in total. The maximum absolute atomic E-state index is 11.0. The van der Waals surface area contributed by atoms with Gasteiger partial charge in [-0.3, -0.25) is 14.9 Å². The van der Waals surface area contributed by atoms with Gasteiger partial charge in [-0.2, -0.15) is 5.26 Å². The predicted octanol–water partition coefficient (Wildman–Crippen LogP) is 1.12. The number of carbonyl (C=O) groups excluding carboxylic acids is 1. The highest BCUT2D eigenvalue weighted by Crippen LogP contribution is 2.12. The maximum Gasteiger partial charge on any atom is 0.269 e. The van der Waals surface area contributed by atoms with Gasteiger partial charge in [-0.05, 0) is 5.56 Å². The highest BCUT2D eigenvalue weighted by molar-refractivity contribution is 5.77. The van der Waals surface area contributed by atoms with E-state index < -0.39 is 10.8 Å². The quantitative estimate of drug-likeness (QED) is 0.606. The number of nitro benzene ring substituents is 1. The van der Waals surface area contributed by atoms with Crippen molar-refractivity contribution in [1.82, 2.24) is 5.32 Å². The standard InChI is InChI=1S/C10H9N3O3/c11-5-4-10(14)12-7-8-2-1-3-9(6-8)13(15)16/h1-3,6H,4,7H2,(H,12,14). The van der Waals surface area contributed by atoms with Crippen molar-refractivity contribution >= 4 is 11.6 Å². The first kappa shape index (κ1) is 11.7. The van der Waals surface area contributed by atoms with Crippen LogP contribution in [0.2, 0.25) is 0 Å². The first-order chi connectivity index (χ1) is 7.63. The number of rotatable bonds is 4. The Labute approximate surface area is 91.6 Å². The Morgan fingerprint density at radius 2 is 2.31 bits per heavy atom. The Hall–Kier alpha value is -2.42. The zero-order valence-electron chi connectivity index (χ0n) is 8.34. The van der Waals surface area contributed by atoms with Gasteiger partial charge in [0.25, 0.3) is 5.69 Å². The Balaban J connectivity index is 2.61. The van der Waals surface area contributed by atoms with Gasteiger partial charge in [0.1, 0.15) is 6.42 Å². The number of hydrogen-bond donors (Lipinski definition) is 1. The summed E-state index contributed by atoms with van der Waals surface area (Å²) in [5.74, 6) is -0.394. The molecule has 0 radical (unpaired) electrons. The first-order valence-corrected chi connectivity index (χ1v) is 4.50. The molecule has 0 atom stereocenters. The fourth-order valence-electron chi connectivity index (χ4n) is 1.11. The molecule has 0 fully saturated rings. The number of hydrogen-bond acceptors (Lipinski definition) is 4. The zero-order chi connectivity index (χ0) is 12.0. The maximum atomic E-state index is 11.0. The van der Waals surface area contributed by atoms with Crippen molar-refractivity contribution in [3.63, 3.8) is 0 Å². The van der Waals surface area contributed by atoms with Crippen LogP contribution in [0.25, 0.3) is 0 Å². The molecule has 82 valence electrons. The van der Waals surface area contributed by atoms with Gasteiger partial charge in [0, 0.05) is 18.7 Å². The summed E-state index contributed by atoms with van der Waals surface area (Å²) in [5.41, 5.74) is 0.604. The first-order valence-electron chi connectivity index (χ1n) is 4.50. The lowest BCUT2D eigenvalue weighted by molar-refractivity contribution is -0.384. The summed E-state index contributed by atoms with van der Waals surface area (Å²) in [7, 11) is 0. The third-order valence-corrected chi connectivity index (χ3v) is 1.85. The molecule has 1 amide bonds. The van der Waals surface area contributed by atoms with E-state index in [9.17, 15) is 14.9 Å². The SMILES string of the molecule is N#CCC(=O)NCc1cccc([N+](=O)[O-])c1. The lowest BCUT2D eigenvalue weighted by Gasteiger charge is -2.02. The summed E-state index contributed by atoms with van der Waals surface area (Å²) in [6.45, 7) is 0.183. The molecular weight excluding hydrogens is 210 g/mol. The molecule has 0 bridgehead atoms. The van der Waals surface area contributed by atoms with E-state index in [0.717, 1.165) is 0 Å². The van der Waals surface area contributed by atoms with Gasteiger partial charge in [0.15, 0.2) is 0 Å². The molecule has 0 aliphatic rings. The summed E-state index contributed by atoms with van der Waals surface area (Å²) < 4.78 is 0. The minimum absolute atomic E-state index is 0.0213. The number of nitrogens with zero attached hydrogens (tertiary/aromatic N) is 2. The number of nitriles is 1. The average Bonchev–Trinajstić information content (AvgIpc) is 2.27. The fourth-order valence-corrected chi connectivity index (χ4v) is 1.11. The highest BCUT2D eigenvalue weighted by atomic mass is 16.6. The highest BCUT2D eigenvalue weighted by Gasteiger charge is 2.06. The van der Waals surface area contributed by atoms with E-state index in [2.05, 4.69) is 5.32 Å². The third kappa shape index (κ3) is 3.38. The van der Waals surface area contributed by atoms with E-state index in [0.29, 0.717) is 5.56 Å². The van der Waals surface area contributed by atoms with Crippen LogP contribution in [0.3, 0.4) is 0 Å². The van der Waals surface area contributed by atoms with Crippen molar-refractivity contribution in [2.24, 2.45) is 0 Å². The van der Waals surface area contributed by atoms with Crippen LogP contribution in [0.5, 0.6) is 0 Å². The summed E-state index contributed by atoms with van der Waals surface area (Å²) in [6.07, 6.45) is -0.213. The van der Waals surface area contributed by atoms with Crippen molar-refractivity contribution in [1.29, 1.82) is 5.26 Å². The Kier molecular flexibility index (Phi) is 3.98. The van der Waals surface area contributed by atoms with Gasteiger partial charge >= 0.3 is 0 Å². The molecular formula is C10H9N3O3. The van der Waals surface area contributed by atoms with Crippen LogP contribution in [0.15, 0.2) is 24.3 Å². The van der Waals surface area contributed by atoms with Crippen LogP contribution in [-0.4, -0.2) is 10.8 Å². The van der Waals surface area contributed by atoms with Crippen molar-refractivity contribution in [2.45, 2.75) is 13.0 Å². The molecule has 16 heavy (non-hydrogen) atoms. The van der Waals surface area contributed by atoms with Crippen molar-refractivity contribution < 1.29 is 9.72 Å². The van der Waals surface area contributed by atoms with E-state index in [1.165, 1.54) is 12.1 Å². The minimum atomic E-state index is -0.499. The molecule has 0 aromatic heterocycles. The molecule has 0 aliphatic heterocycles. The summed E-state index contributed by atoms with van der Waals surface area (Å²) in [6, 6.07) is 7.68. The minimum Gasteiger partial charge on any atom is -0.351 e. The number of non-ortho nitro benzene ring substituents is 1. The normalized spacial score (nSPS) is 9.19. The van der Waals surface area contributed by atoms with Crippen LogP contribution in [-0.2, 0) is 11.3 Å². The van der Waals surface area contributed by atoms with E-state index in [1.807, 2.05) is 0 Å². The van der Waals surface area contributed by atoms with E-state index in [4.69, 9.17) is 5.26 Å². The van der Waals surface area contributed by atoms with Gasteiger partial charge < -0.3 is 5.32 Å². The summed E-state index contributed by atoms with van der Waals surface area (Å²) in [4.78, 5) is 20.9. The fraction of sp³-hybridized carbons (Fsp3) is 0.200. The average molecular weight is 219 g/mol. The second kappa shape index (κ2) is 5.46. The van der Waals surface area contributed by atoms with Crippen molar-refractivity contribution in [3.05, 3.63) is 39.9 Å². The molecule has 6 nitrogen and oxygen atoms in total. The van der Waals surface area contributed by atoms with Crippen molar-refractivity contribution in [3.8, 4) is 6.07 Å².